The minimum Gasteiger partial charge on any atom is -0.491 e. The van der Waals surface area contributed by atoms with Gasteiger partial charge in [0, 0.05) is 25.7 Å². The average Bonchev–Trinajstić information content (AvgIpc) is 3.33. The molecule has 69 heavy (non-hydrogen) atoms. The highest BCUT2D eigenvalue weighted by atomic mass is 32.2. The van der Waals surface area contributed by atoms with Gasteiger partial charge in [-0.25, -0.2) is 26.3 Å². The highest BCUT2D eigenvalue weighted by Gasteiger charge is 2.25. The Balaban J connectivity index is 1.21. The molecule has 6 aromatic carbocycles. The molecule has 2 amide bonds. The van der Waals surface area contributed by atoms with Gasteiger partial charge in [-0.15, -0.1) is 0 Å². The number of rotatable bonds is 10. The Morgan fingerprint density at radius 3 is 1.03 bits per heavy atom. The zero-order valence-electron chi connectivity index (χ0n) is 37.7. The van der Waals surface area contributed by atoms with Gasteiger partial charge >= 0.3 is 0 Å². The minimum atomic E-state index is -4.20. The second kappa shape index (κ2) is 23.0. The van der Waals surface area contributed by atoms with Crippen LogP contribution in [0, 0.1) is 0 Å². The molecule has 360 valence electrons. The summed E-state index contributed by atoms with van der Waals surface area (Å²) < 4.78 is 100. The van der Waals surface area contributed by atoms with Crippen LogP contribution in [-0.2, 0) is 69.5 Å². The third-order valence-corrected chi connectivity index (χ3v) is 14.0. The van der Waals surface area contributed by atoms with Gasteiger partial charge in [-0.2, -0.15) is 0 Å². The molecule has 0 unspecified atom stereocenters. The molecule has 0 aromatic heterocycles. The third kappa shape index (κ3) is 12.9. The lowest BCUT2D eigenvalue weighted by Gasteiger charge is -2.23. The lowest BCUT2D eigenvalue weighted by atomic mass is 9.91. The van der Waals surface area contributed by atoms with E-state index in [1.54, 1.807) is 36.4 Å². The van der Waals surface area contributed by atoms with Crippen LogP contribution in [0.2, 0.25) is 0 Å². The van der Waals surface area contributed by atoms with E-state index in [1.807, 2.05) is 72.8 Å². The van der Waals surface area contributed by atoms with Gasteiger partial charge in [-0.05, 0) is 68.8 Å². The first-order valence-corrected chi connectivity index (χ1v) is 25.4. The normalized spacial score (nSPS) is 14.8. The van der Waals surface area contributed by atoms with Crippen LogP contribution in [-0.4, -0.2) is 94.7 Å². The van der Waals surface area contributed by atoms with E-state index in [1.165, 1.54) is 24.3 Å². The Morgan fingerprint density at radius 2 is 0.681 bits per heavy atom. The first kappa shape index (κ1) is 48.7. The van der Waals surface area contributed by atoms with Gasteiger partial charge < -0.3 is 33.2 Å². The summed E-state index contributed by atoms with van der Waals surface area (Å²) in [5.41, 5.74) is 5.91. The first-order chi connectivity index (χ1) is 33.5. The van der Waals surface area contributed by atoms with Crippen LogP contribution in [0.5, 0.6) is 23.0 Å². The van der Waals surface area contributed by atoms with Crippen LogP contribution in [0.15, 0.2) is 143 Å². The standard InChI is InChI=1S/C52H52N2O13S2/c55-47(53-68(57,58)45-19-3-1-4-20-45)35-66-51-41-15-9-17-43(51)34-44-18-10-16-42(52(44)67-36-48(56)54-69(59,60)46-21-5-2-6-22-46)33-40-14-8-12-38-31-37-11-7-13-39(32-41)49(37)64-29-27-62-25-23-61-24-26-63-28-30-65-50(38)40/h1-22H,23-36H2,(H,53,55)(H,54,56). The maximum atomic E-state index is 13.4. The van der Waals surface area contributed by atoms with Crippen molar-refractivity contribution in [3.8, 4) is 23.0 Å². The summed E-state index contributed by atoms with van der Waals surface area (Å²) in [6.45, 7) is 1.31. The van der Waals surface area contributed by atoms with Gasteiger partial charge in [0.2, 0.25) is 0 Å². The van der Waals surface area contributed by atoms with Gasteiger partial charge in [0.25, 0.3) is 31.9 Å². The summed E-state index contributed by atoms with van der Waals surface area (Å²) in [6, 6.07) is 38.1. The number of ether oxygens (including phenoxy) is 7. The van der Waals surface area contributed by atoms with Crippen molar-refractivity contribution >= 4 is 31.9 Å². The molecule has 0 fully saturated rings. The van der Waals surface area contributed by atoms with Crippen LogP contribution in [0.4, 0.5) is 0 Å². The molecule has 2 N–H and O–H groups in total. The topological polar surface area (TPSA) is 191 Å². The molecule has 1 aliphatic heterocycles. The quantitative estimate of drug-likeness (QED) is 0.164. The summed E-state index contributed by atoms with van der Waals surface area (Å²) >= 11 is 0. The number of amides is 2. The van der Waals surface area contributed by atoms with Gasteiger partial charge in [-0.3, -0.25) is 9.59 Å². The number of para-hydroxylation sites is 4. The molecular formula is C52H52N2O13S2. The summed E-state index contributed by atoms with van der Waals surface area (Å²) in [4.78, 5) is 26.7. The SMILES string of the molecule is O=C(COc1c2cccc1Cc1cccc(c1OCC(=O)NS(=O)(=O)c1ccccc1)Cc1cccc3c1OCCOCCOCCOCCOc1c(cccc1C2)C3)NS(=O)(=O)c1ccccc1. The Bertz CT molecular complexity index is 2770. The summed E-state index contributed by atoms with van der Waals surface area (Å²) in [5.74, 6) is 0.145. The van der Waals surface area contributed by atoms with E-state index < -0.39 is 45.1 Å². The molecule has 2 aliphatic rings. The summed E-state index contributed by atoms with van der Waals surface area (Å²) in [5, 5.41) is 0. The largest absolute Gasteiger partial charge is 0.491 e. The molecule has 10 bridgehead atoms. The number of hydrogen-bond donors (Lipinski definition) is 2. The van der Waals surface area contributed by atoms with Crippen molar-refractivity contribution in [2.45, 2.75) is 35.5 Å². The molecule has 8 rings (SSSR count). The Labute approximate surface area is 401 Å². The van der Waals surface area contributed by atoms with E-state index >= 15 is 0 Å². The van der Waals surface area contributed by atoms with Gasteiger partial charge in [0.15, 0.2) is 13.2 Å². The number of sulfonamides is 2. The van der Waals surface area contributed by atoms with Crippen LogP contribution >= 0.6 is 0 Å². The Morgan fingerprint density at radius 1 is 0.391 bits per heavy atom. The van der Waals surface area contributed by atoms with E-state index in [0.717, 1.165) is 22.3 Å². The third-order valence-electron chi connectivity index (χ3n) is 11.2. The number of fused-ring (bicyclic) bond motifs is 4. The monoisotopic (exact) mass is 976 g/mol. The molecule has 0 radical (unpaired) electrons. The lowest BCUT2D eigenvalue weighted by Crippen LogP contribution is -2.34. The zero-order valence-corrected chi connectivity index (χ0v) is 39.4. The summed E-state index contributed by atoms with van der Waals surface area (Å²) in [7, 11) is -8.41. The minimum absolute atomic E-state index is 0.0782. The number of nitrogens with one attached hydrogen (secondary N) is 2. The lowest BCUT2D eigenvalue weighted by molar-refractivity contribution is -0.122. The molecule has 0 atom stereocenters. The first-order valence-electron chi connectivity index (χ1n) is 22.4. The second-order valence-electron chi connectivity index (χ2n) is 16.1. The highest BCUT2D eigenvalue weighted by Crippen LogP contribution is 2.39. The molecule has 0 spiro atoms. The predicted molar refractivity (Wildman–Crippen MR) is 255 cm³/mol. The van der Waals surface area contributed by atoms with E-state index in [4.69, 9.17) is 33.2 Å². The van der Waals surface area contributed by atoms with Crippen molar-refractivity contribution in [3.05, 3.63) is 178 Å². The number of carbonyl (C=O) groups excluding carboxylic acids is 2. The predicted octanol–water partition coefficient (Wildman–Crippen LogP) is 5.95. The fourth-order valence-corrected chi connectivity index (χ4v) is 10.1. The smallest absolute Gasteiger partial charge is 0.271 e. The van der Waals surface area contributed by atoms with Crippen LogP contribution < -0.4 is 28.4 Å². The average molecular weight is 977 g/mol. The fraction of sp³-hybridized carbons (Fsp3) is 0.269. The molecule has 1 aliphatic carbocycles. The van der Waals surface area contributed by atoms with Gasteiger partial charge in [-0.1, -0.05) is 109 Å². The van der Waals surface area contributed by atoms with Crippen molar-refractivity contribution < 1.29 is 59.6 Å². The fourth-order valence-electron chi connectivity index (χ4n) is 8.13. The molecule has 6 aromatic rings. The maximum absolute atomic E-state index is 13.4. The molecule has 0 saturated carbocycles. The number of carbonyl (C=O) groups is 2. The van der Waals surface area contributed by atoms with Gasteiger partial charge in [0.1, 0.15) is 36.2 Å². The van der Waals surface area contributed by atoms with Crippen molar-refractivity contribution in [2.24, 2.45) is 0 Å². The maximum Gasteiger partial charge on any atom is 0.271 e. The summed E-state index contributed by atoms with van der Waals surface area (Å²) in [6.07, 6.45) is 1.09. The van der Waals surface area contributed by atoms with Crippen LogP contribution in [0.1, 0.15) is 44.5 Å². The van der Waals surface area contributed by atoms with E-state index in [0.29, 0.717) is 91.3 Å². The molecule has 15 nitrogen and oxygen atoms in total. The van der Waals surface area contributed by atoms with E-state index in [-0.39, 0.29) is 42.3 Å². The molecule has 17 heteroatoms. The van der Waals surface area contributed by atoms with Crippen LogP contribution in [0.3, 0.4) is 0 Å². The Kier molecular flexibility index (Phi) is 16.2. The van der Waals surface area contributed by atoms with Crippen molar-refractivity contribution in [1.29, 1.82) is 0 Å². The highest BCUT2D eigenvalue weighted by molar-refractivity contribution is 7.90. The van der Waals surface area contributed by atoms with Crippen LogP contribution in [0.25, 0.3) is 0 Å². The van der Waals surface area contributed by atoms with Crippen molar-refractivity contribution in [2.75, 3.05) is 66.1 Å². The van der Waals surface area contributed by atoms with Gasteiger partial charge in [0.05, 0.1) is 49.4 Å². The zero-order chi connectivity index (χ0) is 48.1. The molecular weight excluding hydrogens is 925 g/mol. The molecule has 1 heterocycles. The second-order valence-corrected chi connectivity index (χ2v) is 19.5. The Hall–Kier alpha value is -6.76. The number of hydrogen-bond acceptors (Lipinski definition) is 13. The van der Waals surface area contributed by atoms with E-state index in [9.17, 15) is 26.4 Å². The van der Waals surface area contributed by atoms with E-state index in [2.05, 4.69) is 9.44 Å². The molecule has 0 saturated heterocycles. The van der Waals surface area contributed by atoms with Crippen molar-refractivity contribution in [3.63, 3.8) is 0 Å². The number of benzene rings is 6. The van der Waals surface area contributed by atoms with Crippen molar-refractivity contribution in [1.82, 2.24) is 9.44 Å².